The normalized spacial score (nSPS) is 14.7. The molecule has 41 heavy (non-hydrogen) atoms. The number of halogens is 1. The highest BCUT2D eigenvalue weighted by Gasteiger charge is 2.34. The van der Waals surface area contributed by atoms with Gasteiger partial charge in [0.05, 0.1) is 11.9 Å². The summed E-state index contributed by atoms with van der Waals surface area (Å²) in [5.41, 5.74) is 3.13. The minimum atomic E-state index is -3.79. The van der Waals surface area contributed by atoms with Gasteiger partial charge in [0, 0.05) is 23.5 Å². The number of carbonyl (C=O) groups excluding carboxylic acids is 2. The van der Waals surface area contributed by atoms with Gasteiger partial charge >= 0.3 is 0 Å². The van der Waals surface area contributed by atoms with E-state index in [1.807, 2.05) is 73.7 Å². The number of aryl methyl sites for hydroxylation is 1. The summed E-state index contributed by atoms with van der Waals surface area (Å²) in [4.78, 5) is 29.7. The number of carbonyl (C=O) groups is 2. The van der Waals surface area contributed by atoms with Crippen LogP contribution in [0.5, 0.6) is 0 Å². The van der Waals surface area contributed by atoms with Crippen molar-refractivity contribution in [1.29, 1.82) is 0 Å². The Kier molecular flexibility index (Phi) is 10.6. The number of nitrogens with one attached hydrogen (secondary N) is 1. The van der Waals surface area contributed by atoms with Gasteiger partial charge < -0.3 is 10.2 Å². The van der Waals surface area contributed by atoms with Crippen LogP contribution in [0.25, 0.3) is 0 Å². The number of benzene rings is 3. The molecule has 1 aliphatic rings. The average Bonchev–Trinajstić information content (AvgIpc) is 2.94. The number of amides is 2. The molecule has 4 rings (SSSR count). The lowest BCUT2D eigenvalue weighted by atomic mass is 9.94. The molecule has 0 saturated heterocycles. The number of anilines is 1. The summed E-state index contributed by atoms with van der Waals surface area (Å²) in [6, 6.07) is 23.5. The summed E-state index contributed by atoms with van der Waals surface area (Å²) in [5, 5.41) is 3.22. The first-order valence-corrected chi connectivity index (χ1v) is 16.7. The smallest absolute Gasteiger partial charge is 0.244 e. The van der Waals surface area contributed by atoms with Gasteiger partial charge in [0.2, 0.25) is 21.8 Å². The second kappa shape index (κ2) is 14.1. The van der Waals surface area contributed by atoms with E-state index in [9.17, 15) is 18.0 Å². The molecule has 7 nitrogen and oxygen atoms in total. The maximum atomic E-state index is 14.2. The highest BCUT2D eigenvalue weighted by Crippen LogP contribution is 2.23. The summed E-state index contributed by atoms with van der Waals surface area (Å²) in [6.45, 7) is 1.65. The number of rotatable bonds is 11. The van der Waals surface area contributed by atoms with Gasteiger partial charge in [0.15, 0.2) is 0 Å². The van der Waals surface area contributed by atoms with E-state index in [0.29, 0.717) is 12.1 Å². The van der Waals surface area contributed by atoms with Crippen molar-refractivity contribution in [2.45, 2.75) is 64.1 Å². The Morgan fingerprint density at radius 2 is 1.59 bits per heavy atom. The standard InChI is InChI=1S/C32H38BrN3O4S/c1-24-16-18-29(19-17-24)36(41(2,39)40)23-31(37)35(22-26-12-9-13-27(33)20-26)30(21-25-10-5-3-6-11-25)32(38)34-28-14-7-4-8-15-28/h3,5-6,9-13,16-20,28,30H,4,7-8,14-15,21-23H2,1-2H3,(H,34,38)/t30-/m0/s1. The topological polar surface area (TPSA) is 86.8 Å². The lowest BCUT2D eigenvalue weighted by Crippen LogP contribution is -2.55. The van der Waals surface area contributed by atoms with Crippen molar-refractivity contribution in [2.75, 3.05) is 17.1 Å². The largest absolute Gasteiger partial charge is 0.352 e. The molecule has 1 fully saturated rings. The van der Waals surface area contributed by atoms with Crippen LogP contribution in [0.4, 0.5) is 5.69 Å². The fourth-order valence-corrected chi connectivity index (χ4v) is 6.55. The summed E-state index contributed by atoms with van der Waals surface area (Å²) < 4.78 is 27.8. The van der Waals surface area contributed by atoms with Gasteiger partial charge in [-0.25, -0.2) is 8.42 Å². The molecule has 0 bridgehead atoms. The molecule has 0 unspecified atom stereocenters. The number of hydrogen-bond acceptors (Lipinski definition) is 4. The molecule has 1 saturated carbocycles. The quantitative estimate of drug-likeness (QED) is 0.295. The van der Waals surface area contributed by atoms with Gasteiger partial charge in [-0.2, -0.15) is 0 Å². The lowest BCUT2D eigenvalue weighted by molar-refractivity contribution is -0.140. The van der Waals surface area contributed by atoms with E-state index in [4.69, 9.17) is 0 Å². The predicted molar refractivity (Wildman–Crippen MR) is 167 cm³/mol. The van der Waals surface area contributed by atoms with Crippen LogP contribution in [-0.2, 0) is 32.6 Å². The average molecular weight is 641 g/mol. The van der Waals surface area contributed by atoms with Crippen molar-refractivity contribution in [3.8, 4) is 0 Å². The molecule has 0 heterocycles. The van der Waals surface area contributed by atoms with Crippen LogP contribution in [0.3, 0.4) is 0 Å². The molecule has 3 aromatic rings. The van der Waals surface area contributed by atoms with Crippen molar-refractivity contribution >= 4 is 43.5 Å². The Morgan fingerprint density at radius 3 is 2.22 bits per heavy atom. The Bertz CT molecular complexity index is 1420. The van der Waals surface area contributed by atoms with E-state index in [0.717, 1.165) is 63.8 Å². The molecule has 0 aromatic heterocycles. The second-order valence-electron chi connectivity index (χ2n) is 10.8. The molecule has 218 valence electrons. The lowest BCUT2D eigenvalue weighted by Gasteiger charge is -2.35. The van der Waals surface area contributed by atoms with Gasteiger partial charge in [0.1, 0.15) is 12.6 Å². The number of hydrogen-bond donors (Lipinski definition) is 1. The maximum Gasteiger partial charge on any atom is 0.244 e. The fourth-order valence-electron chi connectivity index (χ4n) is 5.26. The second-order valence-corrected chi connectivity index (χ2v) is 13.6. The van der Waals surface area contributed by atoms with Crippen LogP contribution in [-0.4, -0.2) is 50.0 Å². The zero-order chi connectivity index (χ0) is 29.4. The molecular formula is C32H38BrN3O4S. The van der Waals surface area contributed by atoms with Gasteiger partial charge in [0.25, 0.3) is 0 Å². The van der Waals surface area contributed by atoms with Crippen LogP contribution < -0.4 is 9.62 Å². The molecule has 9 heteroatoms. The summed E-state index contributed by atoms with van der Waals surface area (Å²) in [5.74, 6) is -0.666. The summed E-state index contributed by atoms with van der Waals surface area (Å²) >= 11 is 3.51. The highest BCUT2D eigenvalue weighted by atomic mass is 79.9. The first-order valence-electron chi connectivity index (χ1n) is 14.0. The van der Waals surface area contributed by atoms with E-state index in [1.54, 1.807) is 17.0 Å². The van der Waals surface area contributed by atoms with Crippen molar-refractivity contribution in [1.82, 2.24) is 10.2 Å². The van der Waals surface area contributed by atoms with E-state index < -0.39 is 28.5 Å². The van der Waals surface area contributed by atoms with Crippen LogP contribution in [0.2, 0.25) is 0 Å². The SMILES string of the molecule is Cc1ccc(N(CC(=O)N(Cc2cccc(Br)c2)[C@@H](Cc2ccccc2)C(=O)NC2CCCCC2)S(C)(=O)=O)cc1. The van der Waals surface area contributed by atoms with Crippen molar-refractivity contribution in [2.24, 2.45) is 0 Å². The molecular weight excluding hydrogens is 602 g/mol. The zero-order valence-electron chi connectivity index (χ0n) is 23.6. The third kappa shape index (κ3) is 8.91. The third-order valence-corrected chi connectivity index (χ3v) is 9.10. The maximum absolute atomic E-state index is 14.2. The van der Waals surface area contributed by atoms with Gasteiger partial charge in [-0.1, -0.05) is 95.4 Å². The fraction of sp³-hybridized carbons (Fsp3) is 0.375. The van der Waals surface area contributed by atoms with Crippen molar-refractivity contribution < 1.29 is 18.0 Å². The van der Waals surface area contributed by atoms with Crippen molar-refractivity contribution in [3.63, 3.8) is 0 Å². The molecule has 1 atom stereocenters. The Labute approximate surface area is 252 Å². The van der Waals surface area contributed by atoms with Crippen LogP contribution >= 0.6 is 15.9 Å². The number of nitrogens with zero attached hydrogens (tertiary/aromatic N) is 2. The van der Waals surface area contributed by atoms with E-state index in [1.165, 1.54) is 0 Å². The molecule has 0 aliphatic heterocycles. The molecule has 1 N–H and O–H groups in total. The minimum Gasteiger partial charge on any atom is -0.352 e. The van der Waals surface area contributed by atoms with Crippen molar-refractivity contribution in [3.05, 3.63) is 100 Å². The van der Waals surface area contributed by atoms with Crippen LogP contribution in [0, 0.1) is 6.92 Å². The van der Waals surface area contributed by atoms with Crippen LogP contribution in [0.1, 0.15) is 48.8 Å². The van der Waals surface area contributed by atoms with Gasteiger partial charge in [-0.3, -0.25) is 13.9 Å². The zero-order valence-corrected chi connectivity index (χ0v) is 26.0. The minimum absolute atomic E-state index is 0.0671. The molecule has 0 radical (unpaired) electrons. The molecule has 3 aromatic carbocycles. The van der Waals surface area contributed by atoms with Gasteiger partial charge in [-0.15, -0.1) is 0 Å². The summed E-state index contributed by atoms with van der Waals surface area (Å²) in [6.07, 6.45) is 6.52. The van der Waals surface area contributed by atoms with E-state index in [2.05, 4.69) is 21.2 Å². The Hall–Kier alpha value is -3.17. The summed E-state index contributed by atoms with van der Waals surface area (Å²) in [7, 11) is -3.79. The predicted octanol–water partition coefficient (Wildman–Crippen LogP) is 5.61. The van der Waals surface area contributed by atoms with E-state index in [-0.39, 0.29) is 18.5 Å². The number of sulfonamides is 1. The Balaban J connectivity index is 1.71. The third-order valence-electron chi connectivity index (χ3n) is 7.47. The Morgan fingerprint density at radius 1 is 0.927 bits per heavy atom. The first-order chi connectivity index (χ1) is 19.6. The van der Waals surface area contributed by atoms with Crippen LogP contribution in [0.15, 0.2) is 83.3 Å². The highest BCUT2D eigenvalue weighted by molar-refractivity contribution is 9.10. The first kappa shape index (κ1) is 30.8. The monoisotopic (exact) mass is 639 g/mol. The molecule has 2 amide bonds. The van der Waals surface area contributed by atoms with Gasteiger partial charge in [-0.05, 0) is 55.2 Å². The molecule has 1 aliphatic carbocycles. The molecule has 0 spiro atoms. The van der Waals surface area contributed by atoms with E-state index >= 15 is 0 Å².